The van der Waals surface area contributed by atoms with Crippen LogP contribution >= 0.6 is 0 Å². The molecule has 1 fully saturated rings. The van der Waals surface area contributed by atoms with Gasteiger partial charge in [-0.25, -0.2) is 0 Å². The summed E-state index contributed by atoms with van der Waals surface area (Å²) in [7, 11) is 1.90. The van der Waals surface area contributed by atoms with E-state index in [0.29, 0.717) is 11.3 Å². The van der Waals surface area contributed by atoms with Gasteiger partial charge < -0.3 is 4.90 Å². The third-order valence-electron chi connectivity index (χ3n) is 3.99. The first-order valence-corrected chi connectivity index (χ1v) is 6.90. The molecule has 1 aliphatic rings. The van der Waals surface area contributed by atoms with E-state index in [4.69, 9.17) is 0 Å². The van der Waals surface area contributed by atoms with Gasteiger partial charge in [-0.15, -0.1) is 0 Å². The summed E-state index contributed by atoms with van der Waals surface area (Å²) < 4.78 is 0. The Morgan fingerprint density at radius 1 is 1.44 bits per heavy atom. The maximum atomic E-state index is 11.7. The lowest BCUT2D eigenvalue weighted by Crippen LogP contribution is -2.28. The third kappa shape index (κ3) is 4.32. The largest absolute Gasteiger partial charge is 0.342 e. The van der Waals surface area contributed by atoms with Gasteiger partial charge in [0.1, 0.15) is 0 Å². The number of hydrogen-bond acceptors (Lipinski definition) is 1. The highest BCUT2D eigenvalue weighted by Crippen LogP contribution is 2.55. The lowest BCUT2D eigenvalue weighted by atomic mass is 9.98. The number of rotatable bonds is 6. The molecule has 1 amide bonds. The lowest BCUT2D eigenvalue weighted by Gasteiger charge is -2.17. The average molecular weight is 249 g/mol. The minimum absolute atomic E-state index is 0.121. The minimum atomic E-state index is 0.121. The van der Waals surface area contributed by atoms with Crippen molar-refractivity contribution in [3.05, 3.63) is 23.8 Å². The van der Waals surface area contributed by atoms with Gasteiger partial charge in [0.25, 0.3) is 0 Å². The number of carbonyl (C=O) groups excluding carboxylic acids is 1. The van der Waals surface area contributed by atoms with Crippen LogP contribution < -0.4 is 0 Å². The van der Waals surface area contributed by atoms with Gasteiger partial charge in [-0.2, -0.15) is 0 Å². The van der Waals surface area contributed by atoms with Gasteiger partial charge in [0.15, 0.2) is 0 Å². The highest BCUT2D eigenvalue weighted by atomic mass is 16.2. The van der Waals surface area contributed by atoms with Gasteiger partial charge in [-0.1, -0.05) is 24.6 Å². The molecule has 18 heavy (non-hydrogen) atoms. The van der Waals surface area contributed by atoms with E-state index in [1.165, 1.54) is 24.8 Å². The molecule has 0 saturated heterocycles. The second-order valence-corrected chi connectivity index (χ2v) is 6.09. The van der Waals surface area contributed by atoms with Crippen LogP contribution in [0.2, 0.25) is 0 Å². The zero-order chi connectivity index (χ0) is 13.8. The number of allylic oxidation sites excluding steroid dienone is 3. The minimum Gasteiger partial charge on any atom is -0.342 e. The predicted molar refractivity (Wildman–Crippen MR) is 77.3 cm³/mol. The van der Waals surface area contributed by atoms with Gasteiger partial charge in [-0.3, -0.25) is 4.79 Å². The normalized spacial score (nSPS) is 26.2. The zero-order valence-electron chi connectivity index (χ0n) is 12.5. The van der Waals surface area contributed by atoms with E-state index in [1.807, 2.05) is 18.9 Å². The number of amides is 1. The van der Waals surface area contributed by atoms with E-state index in [1.54, 1.807) is 12.2 Å². The van der Waals surface area contributed by atoms with Crippen LogP contribution in [0.25, 0.3) is 0 Å². The molecule has 0 spiro atoms. The van der Waals surface area contributed by atoms with E-state index in [9.17, 15) is 4.79 Å². The standard InChI is InChI=1S/C16H27NO/c1-6-8-15(18)17(5)12-14-11-16(14,4)10-7-9-13(2)3/h6,8-9,14H,7,10-12H2,1-5H3/b8-6+. The highest BCUT2D eigenvalue weighted by Gasteiger charge is 2.49. The molecule has 0 aliphatic heterocycles. The van der Waals surface area contributed by atoms with Crippen LogP contribution in [0.3, 0.4) is 0 Å². The van der Waals surface area contributed by atoms with E-state index in [0.717, 1.165) is 6.54 Å². The summed E-state index contributed by atoms with van der Waals surface area (Å²) in [5.74, 6) is 0.804. The molecule has 0 radical (unpaired) electrons. The first kappa shape index (κ1) is 15.0. The van der Waals surface area contributed by atoms with Crippen LogP contribution in [0.5, 0.6) is 0 Å². The molecule has 2 heteroatoms. The first-order chi connectivity index (χ1) is 8.39. The molecular formula is C16H27NO. The Morgan fingerprint density at radius 2 is 2.11 bits per heavy atom. The molecule has 0 N–H and O–H groups in total. The summed E-state index contributed by atoms with van der Waals surface area (Å²) in [5.41, 5.74) is 1.85. The fourth-order valence-electron chi connectivity index (χ4n) is 2.48. The van der Waals surface area contributed by atoms with Crippen molar-refractivity contribution in [3.63, 3.8) is 0 Å². The molecule has 0 aromatic rings. The molecule has 1 aliphatic carbocycles. The van der Waals surface area contributed by atoms with Crippen LogP contribution in [0, 0.1) is 11.3 Å². The fraction of sp³-hybridized carbons (Fsp3) is 0.688. The molecule has 0 heterocycles. The Bertz CT molecular complexity index is 352. The highest BCUT2D eigenvalue weighted by molar-refractivity contribution is 5.87. The smallest absolute Gasteiger partial charge is 0.245 e. The molecular weight excluding hydrogens is 222 g/mol. The van der Waals surface area contributed by atoms with Gasteiger partial charge in [0.2, 0.25) is 5.91 Å². The topological polar surface area (TPSA) is 20.3 Å². The average Bonchev–Trinajstić information content (AvgIpc) is 2.88. The Hall–Kier alpha value is -1.05. The molecule has 1 saturated carbocycles. The van der Waals surface area contributed by atoms with E-state index in [2.05, 4.69) is 26.8 Å². The Labute approximate surface area is 112 Å². The van der Waals surface area contributed by atoms with Crippen molar-refractivity contribution in [2.24, 2.45) is 11.3 Å². The second-order valence-electron chi connectivity index (χ2n) is 6.09. The fourth-order valence-corrected chi connectivity index (χ4v) is 2.48. The summed E-state index contributed by atoms with van der Waals surface area (Å²) >= 11 is 0. The van der Waals surface area contributed by atoms with Crippen LogP contribution in [0.4, 0.5) is 0 Å². The van der Waals surface area contributed by atoms with Crippen molar-refractivity contribution < 1.29 is 4.79 Å². The Morgan fingerprint density at radius 3 is 2.67 bits per heavy atom. The quantitative estimate of drug-likeness (QED) is 0.518. The van der Waals surface area contributed by atoms with Crippen LogP contribution in [0.1, 0.15) is 47.0 Å². The molecule has 0 aromatic carbocycles. The Kier molecular flexibility index (Phi) is 5.18. The number of likely N-dealkylation sites (N-methyl/N-ethyl adjacent to an activating group) is 1. The van der Waals surface area contributed by atoms with E-state index in [-0.39, 0.29) is 5.91 Å². The van der Waals surface area contributed by atoms with Gasteiger partial charge in [0.05, 0.1) is 0 Å². The molecule has 0 aromatic heterocycles. The maximum absolute atomic E-state index is 11.7. The maximum Gasteiger partial charge on any atom is 0.245 e. The summed E-state index contributed by atoms with van der Waals surface area (Å²) in [6.07, 6.45) is 9.44. The molecule has 2 unspecified atom stereocenters. The molecule has 102 valence electrons. The lowest BCUT2D eigenvalue weighted by molar-refractivity contribution is -0.125. The van der Waals surface area contributed by atoms with Crippen molar-refractivity contribution in [2.75, 3.05) is 13.6 Å². The third-order valence-corrected chi connectivity index (χ3v) is 3.99. The van der Waals surface area contributed by atoms with Gasteiger partial charge in [0, 0.05) is 13.6 Å². The first-order valence-electron chi connectivity index (χ1n) is 6.90. The summed E-state index contributed by atoms with van der Waals surface area (Å²) in [6.45, 7) is 9.43. The number of nitrogens with zero attached hydrogens (tertiary/aromatic N) is 1. The van der Waals surface area contributed by atoms with Crippen LogP contribution in [0.15, 0.2) is 23.8 Å². The molecule has 1 rings (SSSR count). The summed E-state index contributed by atoms with van der Waals surface area (Å²) in [5, 5.41) is 0. The van der Waals surface area contributed by atoms with Gasteiger partial charge in [-0.05, 0) is 57.4 Å². The number of carbonyl (C=O) groups is 1. The molecule has 0 bridgehead atoms. The van der Waals surface area contributed by atoms with Crippen molar-refractivity contribution in [3.8, 4) is 0 Å². The van der Waals surface area contributed by atoms with Crippen molar-refractivity contribution >= 4 is 5.91 Å². The van der Waals surface area contributed by atoms with Crippen molar-refractivity contribution in [1.29, 1.82) is 0 Å². The summed E-state index contributed by atoms with van der Waals surface area (Å²) in [6, 6.07) is 0. The van der Waals surface area contributed by atoms with Crippen molar-refractivity contribution in [1.82, 2.24) is 4.90 Å². The van der Waals surface area contributed by atoms with Crippen LogP contribution in [-0.2, 0) is 4.79 Å². The van der Waals surface area contributed by atoms with Crippen molar-refractivity contribution in [2.45, 2.75) is 47.0 Å². The van der Waals surface area contributed by atoms with Crippen LogP contribution in [-0.4, -0.2) is 24.4 Å². The second kappa shape index (κ2) is 6.21. The zero-order valence-corrected chi connectivity index (χ0v) is 12.5. The predicted octanol–water partition coefficient (Wildman–Crippen LogP) is 3.79. The van der Waals surface area contributed by atoms with Gasteiger partial charge >= 0.3 is 0 Å². The Balaban J connectivity index is 2.35. The molecule has 2 nitrogen and oxygen atoms in total. The van der Waals surface area contributed by atoms with E-state index >= 15 is 0 Å². The van der Waals surface area contributed by atoms with E-state index < -0.39 is 0 Å². The SMILES string of the molecule is C/C=C/C(=O)N(C)CC1CC1(C)CCC=C(C)C. The number of hydrogen-bond donors (Lipinski definition) is 0. The monoisotopic (exact) mass is 249 g/mol. The molecule has 2 atom stereocenters. The summed E-state index contributed by atoms with van der Waals surface area (Å²) in [4.78, 5) is 13.5.